The van der Waals surface area contributed by atoms with E-state index in [1.54, 1.807) is 0 Å². The van der Waals surface area contributed by atoms with Crippen molar-refractivity contribution in [3.05, 3.63) is 29.7 Å². The Morgan fingerprint density at radius 2 is 2.14 bits per heavy atom. The van der Waals surface area contributed by atoms with Crippen LogP contribution in [0.3, 0.4) is 0 Å². The number of fused-ring (bicyclic) bond motifs is 1. The molecule has 1 amide bonds. The van der Waals surface area contributed by atoms with Gasteiger partial charge in [-0.2, -0.15) is 0 Å². The highest BCUT2D eigenvalue weighted by Gasteiger charge is 2.16. The van der Waals surface area contributed by atoms with Crippen molar-refractivity contribution in [2.24, 2.45) is 11.7 Å². The van der Waals surface area contributed by atoms with Gasteiger partial charge in [0.15, 0.2) is 11.5 Å². The Hall–Kier alpha value is -1.59. The second-order valence-electron chi connectivity index (χ2n) is 5.22. The standard InChI is InChI=1S/C15H21N3O2.ClH/c1-9-5-4-6-12-14(9)18-13(20-12)7-8-17-15(19)10(2)11(3)16;/h4-6,10-11H,7-8,16H2,1-3H3,(H,17,19);1H. The lowest BCUT2D eigenvalue weighted by atomic mass is 10.0. The summed E-state index contributed by atoms with van der Waals surface area (Å²) in [6, 6.07) is 5.69. The first kappa shape index (κ1) is 17.5. The van der Waals surface area contributed by atoms with Gasteiger partial charge in [-0.25, -0.2) is 4.98 Å². The molecule has 2 aromatic rings. The number of para-hydroxylation sites is 1. The first-order valence-corrected chi connectivity index (χ1v) is 6.87. The van der Waals surface area contributed by atoms with Crippen molar-refractivity contribution in [1.82, 2.24) is 10.3 Å². The molecular formula is C15H22ClN3O2. The first-order chi connectivity index (χ1) is 9.49. The molecule has 0 spiro atoms. The van der Waals surface area contributed by atoms with Crippen LogP contribution in [0.2, 0.25) is 0 Å². The summed E-state index contributed by atoms with van der Waals surface area (Å²) in [5.74, 6) is 0.413. The highest BCUT2D eigenvalue weighted by atomic mass is 35.5. The van der Waals surface area contributed by atoms with E-state index in [4.69, 9.17) is 10.2 Å². The van der Waals surface area contributed by atoms with Crippen LogP contribution in [0.25, 0.3) is 11.1 Å². The lowest BCUT2D eigenvalue weighted by molar-refractivity contribution is -0.124. The molecule has 116 valence electrons. The van der Waals surface area contributed by atoms with Gasteiger partial charge in [0.05, 0.1) is 0 Å². The van der Waals surface area contributed by atoms with Gasteiger partial charge in [-0.05, 0) is 25.5 Å². The maximum atomic E-state index is 11.8. The van der Waals surface area contributed by atoms with Crippen LogP contribution in [0, 0.1) is 12.8 Å². The predicted octanol–water partition coefficient (Wildman–Crippen LogP) is 2.20. The molecule has 1 heterocycles. The average molecular weight is 312 g/mol. The third kappa shape index (κ3) is 4.19. The molecule has 2 unspecified atom stereocenters. The number of carbonyl (C=O) groups excluding carboxylic acids is 1. The zero-order chi connectivity index (χ0) is 14.7. The number of nitrogens with zero attached hydrogens (tertiary/aromatic N) is 1. The number of carbonyl (C=O) groups is 1. The van der Waals surface area contributed by atoms with Crippen LogP contribution >= 0.6 is 12.4 Å². The average Bonchev–Trinajstić information content (AvgIpc) is 2.82. The molecule has 3 N–H and O–H groups in total. The Labute approximate surface area is 130 Å². The van der Waals surface area contributed by atoms with E-state index in [1.165, 1.54) is 0 Å². The number of amides is 1. The minimum Gasteiger partial charge on any atom is -0.441 e. The molecule has 0 fully saturated rings. The zero-order valence-corrected chi connectivity index (χ0v) is 13.4. The largest absolute Gasteiger partial charge is 0.441 e. The van der Waals surface area contributed by atoms with Gasteiger partial charge >= 0.3 is 0 Å². The van der Waals surface area contributed by atoms with Gasteiger partial charge in [-0.1, -0.05) is 19.1 Å². The number of rotatable bonds is 5. The van der Waals surface area contributed by atoms with Crippen LogP contribution in [0.15, 0.2) is 22.6 Å². The molecule has 2 rings (SSSR count). The summed E-state index contributed by atoms with van der Waals surface area (Å²) in [6.45, 7) is 6.15. The second kappa shape index (κ2) is 7.43. The molecule has 0 bridgehead atoms. The van der Waals surface area contributed by atoms with E-state index in [2.05, 4.69) is 10.3 Å². The van der Waals surface area contributed by atoms with E-state index in [0.717, 1.165) is 16.7 Å². The zero-order valence-electron chi connectivity index (χ0n) is 12.6. The minimum atomic E-state index is -0.194. The molecule has 0 aliphatic heterocycles. The second-order valence-corrected chi connectivity index (χ2v) is 5.22. The molecule has 0 radical (unpaired) electrons. The van der Waals surface area contributed by atoms with Crippen LogP contribution in [-0.2, 0) is 11.2 Å². The van der Waals surface area contributed by atoms with Crippen LogP contribution in [-0.4, -0.2) is 23.5 Å². The number of hydrogen-bond donors (Lipinski definition) is 2. The summed E-state index contributed by atoms with van der Waals surface area (Å²) in [7, 11) is 0. The van der Waals surface area contributed by atoms with E-state index in [0.29, 0.717) is 18.9 Å². The molecule has 5 nitrogen and oxygen atoms in total. The van der Waals surface area contributed by atoms with E-state index in [9.17, 15) is 4.79 Å². The molecule has 1 aromatic carbocycles. The fourth-order valence-corrected chi connectivity index (χ4v) is 1.93. The molecule has 21 heavy (non-hydrogen) atoms. The Bertz CT molecular complexity index is 610. The van der Waals surface area contributed by atoms with Crippen molar-refractivity contribution in [3.8, 4) is 0 Å². The summed E-state index contributed by atoms with van der Waals surface area (Å²) < 4.78 is 5.65. The summed E-state index contributed by atoms with van der Waals surface area (Å²) in [5, 5.41) is 2.85. The van der Waals surface area contributed by atoms with E-state index in [1.807, 2.05) is 39.0 Å². The molecule has 6 heteroatoms. The first-order valence-electron chi connectivity index (χ1n) is 6.87. The number of hydrogen-bond acceptors (Lipinski definition) is 4. The van der Waals surface area contributed by atoms with Crippen molar-refractivity contribution in [1.29, 1.82) is 0 Å². The third-order valence-corrected chi connectivity index (χ3v) is 3.51. The fourth-order valence-electron chi connectivity index (χ4n) is 1.93. The molecule has 0 aliphatic carbocycles. The quantitative estimate of drug-likeness (QED) is 0.887. The van der Waals surface area contributed by atoms with Gasteiger partial charge in [-0.15, -0.1) is 12.4 Å². The van der Waals surface area contributed by atoms with Crippen molar-refractivity contribution in [2.45, 2.75) is 33.2 Å². The van der Waals surface area contributed by atoms with Crippen molar-refractivity contribution < 1.29 is 9.21 Å². The van der Waals surface area contributed by atoms with E-state index in [-0.39, 0.29) is 30.3 Å². The van der Waals surface area contributed by atoms with Gasteiger partial charge in [0.2, 0.25) is 5.91 Å². The number of nitrogens with one attached hydrogen (secondary N) is 1. The molecular weight excluding hydrogens is 290 g/mol. The third-order valence-electron chi connectivity index (χ3n) is 3.51. The molecule has 2 atom stereocenters. The number of aryl methyl sites for hydroxylation is 1. The summed E-state index contributed by atoms with van der Waals surface area (Å²) >= 11 is 0. The number of oxazole rings is 1. The monoisotopic (exact) mass is 311 g/mol. The number of benzene rings is 1. The summed E-state index contributed by atoms with van der Waals surface area (Å²) in [6.07, 6.45) is 0.575. The van der Waals surface area contributed by atoms with Crippen LogP contribution in [0.5, 0.6) is 0 Å². The Morgan fingerprint density at radius 1 is 1.43 bits per heavy atom. The van der Waals surface area contributed by atoms with Gasteiger partial charge in [0.1, 0.15) is 5.52 Å². The summed E-state index contributed by atoms with van der Waals surface area (Å²) in [4.78, 5) is 16.2. The lowest BCUT2D eigenvalue weighted by Gasteiger charge is -2.14. The highest BCUT2D eigenvalue weighted by Crippen LogP contribution is 2.18. The minimum absolute atomic E-state index is 0. The molecule has 0 saturated heterocycles. The topological polar surface area (TPSA) is 81.2 Å². The van der Waals surface area contributed by atoms with Gasteiger partial charge in [-0.3, -0.25) is 4.79 Å². The maximum Gasteiger partial charge on any atom is 0.224 e. The Kier molecular flexibility index (Phi) is 6.18. The van der Waals surface area contributed by atoms with Gasteiger partial charge in [0, 0.05) is 24.9 Å². The number of halogens is 1. The number of nitrogens with two attached hydrogens (primary N) is 1. The summed E-state index contributed by atoms with van der Waals surface area (Å²) in [5.41, 5.74) is 8.46. The maximum absolute atomic E-state index is 11.8. The van der Waals surface area contributed by atoms with Crippen molar-refractivity contribution in [2.75, 3.05) is 6.54 Å². The van der Waals surface area contributed by atoms with Crippen molar-refractivity contribution in [3.63, 3.8) is 0 Å². The van der Waals surface area contributed by atoms with Gasteiger partial charge in [0.25, 0.3) is 0 Å². The fraction of sp³-hybridized carbons (Fsp3) is 0.467. The molecule has 0 aliphatic rings. The highest BCUT2D eigenvalue weighted by molar-refractivity contribution is 5.85. The van der Waals surface area contributed by atoms with E-state index >= 15 is 0 Å². The van der Waals surface area contributed by atoms with Crippen LogP contribution < -0.4 is 11.1 Å². The molecule has 0 saturated carbocycles. The van der Waals surface area contributed by atoms with Crippen LogP contribution in [0.4, 0.5) is 0 Å². The lowest BCUT2D eigenvalue weighted by Crippen LogP contribution is -2.39. The SMILES string of the molecule is Cc1cccc2oc(CCNC(=O)C(C)C(C)N)nc12.Cl. The van der Waals surface area contributed by atoms with E-state index < -0.39 is 0 Å². The Balaban J connectivity index is 0.00000220. The van der Waals surface area contributed by atoms with Crippen molar-refractivity contribution >= 4 is 29.4 Å². The Morgan fingerprint density at radius 3 is 2.76 bits per heavy atom. The molecule has 1 aromatic heterocycles. The normalized spacial score (nSPS) is 13.5. The number of aromatic nitrogens is 1. The van der Waals surface area contributed by atoms with Gasteiger partial charge < -0.3 is 15.5 Å². The predicted molar refractivity (Wildman–Crippen MR) is 85.5 cm³/mol. The smallest absolute Gasteiger partial charge is 0.224 e. The van der Waals surface area contributed by atoms with Crippen LogP contribution in [0.1, 0.15) is 25.3 Å².